The smallest absolute Gasteiger partial charge is 0.269 e. The van der Waals surface area contributed by atoms with Crippen molar-refractivity contribution in [2.45, 2.75) is 32.2 Å². The van der Waals surface area contributed by atoms with Crippen molar-refractivity contribution in [3.63, 3.8) is 0 Å². The molecule has 0 saturated carbocycles. The lowest BCUT2D eigenvalue weighted by atomic mass is 9.90. The summed E-state index contributed by atoms with van der Waals surface area (Å²) in [6.45, 7) is 5.07. The summed E-state index contributed by atoms with van der Waals surface area (Å²) in [5.41, 5.74) is 7.19. The van der Waals surface area contributed by atoms with Gasteiger partial charge in [-0.3, -0.25) is 15.0 Å². The molecule has 20 heavy (non-hydrogen) atoms. The number of nitrogens with two attached hydrogens (primary N) is 1. The van der Waals surface area contributed by atoms with Gasteiger partial charge >= 0.3 is 0 Å². The molecule has 0 aliphatic carbocycles. The van der Waals surface area contributed by atoms with Crippen molar-refractivity contribution in [2.75, 3.05) is 19.6 Å². The van der Waals surface area contributed by atoms with Gasteiger partial charge in [0.25, 0.3) is 5.69 Å². The largest absolute Gasteiger partial charge is 0.329 e. The highest BCUT2D eigenvalue weighted by molar-refractivity contribution is 5.32. The molecule has 2 rings (SSSR count). The fourth-order valence-corrected chi connectivity index (χ4v) is 3.05. The SMILES string of the molecule is CC1CCCN(CCc2ccc([N+](=O)[O-])cc2)C1CN. The minimum atomic E-state index is -0.361. The minimum Gasteiger partial charge on any atom is -0.329 e. The maximum atomic E-state index is 10.6. The van der Waals surface area contributed by atoms with Gasteiger partial charge in [-0.05, 0) is 37.3 Å². The molecular weight excluding hydrogens is 254 g/mol. The van der Waals surface area contributed by atoms with Crippen molar-refractivity contribution in [1.29, 1.82) is 0 Å². The third kappa shape index (κ3) is 3.55. The third-order valence-corrected chi connectivity index (χ3v) is 4.31. The highest BCUT2D eigenvalue weighted by atomic mass is 16.6. The molecule has 1 aliphatic heterocycles. The molecule has 2 atom stereocenters. The number of hydrogen-bond acceptors (Lipinski definition) is 4. The van der Waals surface area contributed by atoms with Gasteiger partial charge in [-0.1, -0.05) is 19.1 Å². The lowest BCUT2D eigenvalue weighted by Gasteiger charge is -2.39. The Kier molecular flexibility index (Phi) is 5.09. The maximum absolute atomic E-state index is 10.6. The average Bonchev–Trinajstić information content (AvgIpc) is 2.45. The number of rotatable bonds is 5. The second-order valence-corrected chi connectivity index (χ2v) is 5.63. The minimum absolute atomic E-state index is 0.153. The van der Waals surface area contributed by atoms with Crippen LogP contribution in [0, 0.1) is 16.0 Å². The van der Waals surface area contributed by atoms with Gasteiger partial charge in [0.2, 0.25) is 0 Å². The maximum Gasteiger partial charge on any atom is 0.269 e. The Morgan fingerprint density at radius 1 is 1.40 bits per heavy atom. The van der Waals surface area contributed by atoms with Crippen LogP contribution in [0.15, 0.2) is 24.3 Å². The van der Waals surface area contributed by atoms with Crippen LogP contribution in [0.1, 0.15) is 25.3 Å². The molecular formula is C15H23N3O2. The Morgan fingerprint density at radius 3 is 2.70 bits per heavy atom. The second-order valence-electron chi connectivity index (χ2n) is 5.63. The van der Waals surface area contributed by atoms with E-state index >= 15 is 0 Å². The number of piperidine rings is 1. The molecule has 110 valence electrons. The first-order valence-electron chi connectivity index (χ1n) is 7.29. The molecule has 1 heterocycles. The predicted molar refractivity (Wildman–Crippen MR) is 79.6 cm³/mol. The van der Waals surface area contributed by atoms with Crippen LogP contribution in [-0.2, 0) is 6.42 Å². The molecule has 1 aliphatic rings. The number of nitro benzene ring substituents is 1. The van der Waals surface area contributed by atoms with E-state index in [-0.39, 0.29) is 10.6 Å². The highest BCUT2D eigenvalue weighted by Gasteiger charge is 2.26. The number of non-ortho nitro benzene ring substituents is 1. The summed E-state index contributed by atoms with van der Waals surface area (Å²) in [7, 11) is 0. The van der Waals surface area contributed by atoms with Crippen LogP contribution in [0.5, 0.6) is 0 Å². The van der Waals surface area contributed by atoms with E-state index in [0.29, 0.717) is 18.5 Å². The van der Waals surface area contributed by atoms with Crippen molar-refractivity contribution >= 4 is 5.69 Å². The molecule has 5 nitrogen and oxygen atoms in total. The molecule has 1 aromatic rings. The molecule has 1 saturated heterocycles. The number of benzene rings is 1. The van der Waals surface area contributed by atoms with E-state index < -0.39 is 0 Å². The van der Waals surface area contributed by atoms with Crippen molar-refractivity contribution in [3.05, 3.63) is 39.9 Å². The molecule has 2 N–H and O–H groups in total. The lowest BCUT2D eigenvalue weighted by Crippen LogP contribution is -2.49. The average molecular weight is 277 g/mol. The van der Waals surface area contributed by atoms with Gasteiger partial charge in [0, 0.05) is 31.3 Å². The monoisotopic (exact) mass is 277 g/mol. The second kappa shape index (κ2) is 6.81. The number of nitrogens with zero attached hydrogens (tertiary/aromatic N) is 2. The van der Waals surface area contributed by atoms with E-state index in [2.05, 4.69) is 11.8 Å². The molecule has 0 radical (unpaired) electrons. The van der Waals surface area contributed by atoms with E-state index in [1.165, 1.54) is 12.8 Å². The summed E-state index contributed by atoms with van der Waals surface area (Å²) >= 11 is 0. The van der Waals surface area contributed by atoms with Gasteiger partial charge in [-0.2, -0.15) is 0 Å². The van der Waals surface area contributed by atoms with Crippen molar-refractivity contribution in [2.24, 2.45) is 11.7 Å². The molecule has 1 aromatic carbocycles. The van der Waals surface area contributed by atoms with Gasteiger partial charge in [0.15, 0.2) is 0 Å². The van der Waals surface area contributed by atoms with E-state index in [1.807, 2.05) is 12.1 Å². The van der Waals surface area contributed by atoms with Crippen molar-refractivity contribution < 1.29 is 4.92 Å². The topological polar surface area (TPSA) is 72.4 Å². The lowest BCUT2D eigenvalue weighted by molar-refractivity contribution is -0.384. The number of nitro groups is 1. The van der Waals surface area contributed by atoms with E-state index in [1.54, 1.807) is 12.1 Å². The standard InChI is InChI=1S/C15H23N3O2/c1-12-3-2-9-17(15(12)11-16)10-8-13-4-6-14(7-5-13)18(19)20/h4-7,12,15H,2-3,8-11,16H2,1H3. The number of likely N-dealkylation sites (tertiary alicyclic amines) is 1. The zero-order valence-corrected chi connectivity index (χ0v) is 12.0. The molecule has 1 fully saturated rings. The first-order chi connectivity index (χ1) is 9.61. The summed E-state index contributed by atoms with van der Waals surface area (Å²) in [5, 5.41) is 10.6. The fourth-order valence-electron chi connectivity index (χ4n) is 3.05. The zero-order chi connectivity index (χ0) is 14.5. The van der Waals surface area contributed by atoms with Gasteiger partial charge in [0.05, 0.1) is 4.92 Å². The first kappa shape index (κ1) is 14.9. The molecule has 5 heteroatoms. The van der Waals surface area contributed by atoms with E-state index in [0.717, 1.165) is 25.1 Å². The first-order valence-corrected chi connectivity index (χ1v) is 7.29. The summed E-state index contributed by atoms with van der Waals surface area (Å²) in [4.78, 5) is 12.7. The van der Waals surface area contributed by atoms with Gasteiger partial charge < -0.3 is 5.73 Å². The summed E-state index contributed by atoms with van der Waals surface area (Å²) in [5.74, 6) is 0.658. The third-order valence-electron chi connectivity index (χ3n) is 4.31. The normalized spacial score (nSPS) is 23.7. The van der Waals surface area contributed by atoms with E-state index in [9.17, 15) is 10.1 Å². The van der Waals surface area contributed by atoms with E-state index in [4.69, 9.17) is 5.73 Å². The Balaban J connectivity index is 1.92. The Bertz CT molecular complexity index is 447. The fraction of sp³-hybridized carbons (Fsp3) is 0.600. The number of hydrogen-bond donors (Lipinski definition) is 1. The molecule has 2 unspecified atom stereocenters. The van der Waals surface area contributed by atoms with Crippen LogP contribution in [0.4, 0.5) is 5.69 Å². The molecule has 0 spiro atoms. The van der Waals surface area contributed by atoms with Crippen LogP contribution >= 0.6 is 0 Å². The van der Waals surface area contributed by atoms with Crippen LogP contribution in [-0.4, -0.2) is 35.5 Å². The van der Waals surface area contributed by atoms with Crippen LogP contribution in [0.2, 0.25) is 0 Å². The Morgan fingerprint density at radius 2 is 2.10 bits per heavy atom. The van der Waals surface area contributed by atoms with Crippen LogP contribution < -0.4 is 5.73 Å². The highest BCUT2D eigenvalue weighted by Crippen LogP contribution is 2.23. The molecule has 0 bridgehead atoms. The van der Waals surface area contributed by atoms with Crippen LogP contribution in [0.3, 0.4) is 0 Å². The predicted octanol–water partition coefficient (Wildman–Crippen LogP) is 2.20. The summed E-state index contributed by atoms with van der Waals surface area (Å²) in [6.07, 6.45) is 3.41. The summed E-state index contributed by atoms with van der Waals surface area (Å²) < 4.78 is 0. The van der Waals surface area contributed by atoms with Gasteiger partial charge in [-0.15, -0.1) is 0 Å². The van der Waals surface area contributed by atoms with Gasteiger partial charge in [-0.25, -0.2) is 0 Å². The van der Waals surface area contributed by atoms with Gasteiger partial charge in [0.1, 0.15) is 0 Å². The van der Waals surface area contributed by atoms with Crippen LogP contribution in [0.25, 0.3) is 0 Å². The molecule has 0 amide bonds. The molecule has 0 aromatic heterocycles. The van der Waals surface area contributed by atoms with Crippen molar-refractivity contribution in [1.82, 2.24) is 4.90 Å². The Labute approximate surface area is 119 Å². The zero-order valence-electron chi connectivity index (χ0n) is 12.0. The quantitative estimate of drug-likeness (QED) is 0.661. The Hall–Kier alpha value is -1.46. The van der Waals surface area contributed by atoms with Crippen molar-refractivity contribution in [3.8, 4) is 0 Å². The summed E-state index contributed by atoms with van der Waals surface area (Å²) in [6, 6.07) is 7.33.